The molecule has 2 aliphatic rings. The lowest BCUT2D eigenvalue weighted by atomic mass is 10.2. The summed E-state index contributed by atoms with van der Waals surface area (Å²) in [6.07, 6.45) is 5.35. The molecule has 0 radical (unpaired) electrons. The maximum absolute atomic E-state index is 13.6. The van der Waals surface area contributed by atoms with Crippen LogP contribution >= 0.6 is 34.8 Å². The topological polar surface area (TPSA) is 111 Å². The van der Waals surface area contributed by atoms with E-state index in [1.165, 1.54) is 21.1 Å². The average molecular weight is 599 g/mol. The number of halogens is 3. The highest BCUT2D eigenvalue weighted by Gasteiger charge is 2.34. The molecule has 0 amide bonds. The predicted octanol–water partition coefficient (Wildman–Crippen LogP) is 4.61. The minimum Gasteiger partial charge on any atom is -0.483 e. The van der Waals surface area contributed by atoms with E-state index < -0.39 is 15.6 Å². The van der Waals surface area contributed by atoms with Crippen molar-refractivity contribution in [2.75, 3.05) is 36.8 Å². The molecule has 3 aromatic rings. The monoisotopic (exact) mass is 597 g/mol. The van der Waals surface area contributed by atoms with Crippen LogP contribution in [0.1, 0.15) is 25.7 Å². The van der Waals surface area contributed by atoms with Crippen LogP contribution < -0.4 is 20.9 Å². The molecule has 0 bridgehead atoms. The van der Waals surface area contributed by atoms with Crippen molar-refractivity contribution in [1.82, 2.24) is 14.1 Å². The minimum absolute atomic E-state index is 0.00833. The first kappa shape index (κ1) is 27.1. The molecule has 0 atom stereocenters. The van der Waals surface area contributed by atoms with Gasteiger partial charge in [-0.3, -0.25) is 4.79 Å². The predicted molar refractivity (Wildman–Crippen MR) is 150 cm³/mol. The van der Waals surface area contributed by atoms with Crippen molar-refractivity contribution in [1.29, 1.82) is 0 Å². The molecule has 1 aliphatic carbocycles. The summed E-state index contributed by atoms with van der Waals surface area (Å²) in [5, 5.41) is 5.10. The highest BCUT2D eigenvalue weighted by atomic mass is 35.5. The molecule has 0 unspecified atom stereocenters. The van der Waals surface area contributed by atoms with Gasteiger partial charge < -0.3 is 15.4 Å². The fraction of sp³-hybridized carbons (Fsp3) is 0.360. The van der Waals surface area contributed by atoms with Crippen molar-refractivity contribution in [2.24, 2.45) is 0 Å². The van der Waals surface area contributed by atoms with Crippen LogP contribution in [0.25, 0.3) is 5.69 Å². The van der Waals surface area contributed by atoms with Gasteiger partial charge in [0.1, 0.15) is 10.6 Å². The Labute approximate surface area is 235 Å². The second kappa shape index (κ2) is 10.9. The second-order valence-corrected chi connectivity index (χ2v) is 12.4. The molecule has 13 heteroatoms. The largest absolute Gasteiger partial charge is 0.483 e. The van der Waals surface area contributed by atoms with E-state index in [9.17, 15) is 13.2 Å². The Kier molecular flexibility index (Phi) is 7.79. The smallest absolute Gasteiger partial charge is 0.316 e. The third kappa shape index (κ3) is 5.33. The Morgan fingerprint density at radius 1 is 0.974 bits per heavy atom. The van der Waals surface area contributed by atoms with Gasteiger partial charge in [-0.25, -0.2) is 8.42 Å². The van der Waals surface area contributed by atoms with Crippen LogP contribution in [0.3, 0.4) is 0 Å². The van der Waals surface area contributed by atoms with Crippen molar-refractivity contribution in [3.05, 3.63) is 68.0 Å². The van der Waals surface area contributed by atoms with E-state index >= 15 is 0 Å². The van der Waals surface area contributed by atoms with Crippen molar-refractivity contribution in [3.63, 3.8) is 0 Å². The third-order valence-electron chi connectivity index (χ3n) is 6.77. The molecule has 5 rings (SSSR count). The highest BCUT2D eigenvalue weighted by Crippen LogP contribution is 2.35. The van der Waals surface area contributed by atoms with Crippen LogP contribution in [-0.4, -0.2) is 54.8 Å². The number of rotatable bonds is 6. The molecule has 9 nitrogen and oxygen atoms in total. The molecule has 2 fully saturated rings. The van der Waals surface area contributed by atoms with Crippen LogP contribution in [0.5, 0.6) is 5.75 Å². The molecule has 1 saturated heterocycles. The number of benzene rings is 2. The number of nitrogens with zero attached hydrogens (tertiary/aromatic N) is 4. The van der Waals surface area contributed by atoms with Crippen LogP contribution in [0.4, 0.5) is 11.4 Å². The van der Waals surface area contributed by atoms with Gasteiger partial charge in [-0.15, -0.1) is 0 Å². The van der Waals surface area contributed by atoms with Gasteiger partial charge in [0.05, 0.1) is 28.7 Å². The van der Waals surface area contributed by atoms with Gasteiger partial charge in [0.15, 0.2) is 0 Å². The van der Waals surface area contributed by atoms with Crippen LogP contribution in [0.15, 0.2) is 52.3 Å². The quantitative estimate of drug-likeness (QED) is 0.413. The van der Waals surface area contributed by atoms with E-state index in [-0.39, 0.29) is 45.6 Å². The molecule has 1 saturated carbocycles. The van der Waals surface area contributed by atoms with E-state index in [1.54, 1.807) is 30.5 Å². The van der Waals surface area contributed by atoms with E-state index in [4.69, 9.17) is 45.3 Å². The summed E-state index contributed by atoms with van der Waals surface area (Å²) in [7, 11) is -3.96. The number of aromatic nitrogens is 2. The van der Waals surface area contributed by atoms with Crippen molar-refractivity contribution >= 4 is 56.2 Å². The van der Waals surface area contributed by atoms with Gasteiger partial charge in [0.25, 0.3) is 0 Å². The van der Waals surface area contributed by atoms with Crippen molar-refractivity contribution in [3.8, 4) is 11.4 Å². The fourth-order valence-corrected chi connectivity index (χ4v) is 7.43. The van der Waals surface area contributed by atoms with Crippen molar-refractivity contribution in [2.45, 2.75) is 36.7 Å². The average Bonchev–Trinajstić information content (AvgIpc) is 3.38. The maximum Gasteiger partial charge on any atom is 0.316 e. The number of hydrogen-bond acceptors (Lipinski definition) is 7. The summed E-state index contributed by atoms with van der Waals surface area (Å²) in [6, 6.07) is 9.59. The Bertz CT molecular complexity index is 1490. The van der Waals surface area contributed by atoms with E-state index in [0.717, 1.165) is 25.7 Å². The molecular weight excluding hydrogens is 573 g/mol. The maximum atomic E-state index is 13.6. The van der Waals surface area contributed by atoms with Gasteiger partial charge >= 0.3 is 5.56 Å². The molecule has 202 valence electrons. The molecule has 2 N–H and O–H groups in total. The number of nitrogens with two attached hydrogens (primary N) is 1. The lowest BCUT2D eigenvalue weighted by Crippen LogP contribution is -2.49. The van der Waals surface area contributed by atoms with Gasteiger partial charge in [0.2, 0.25) is 15.8 Å². The second-order valence-electron chi connectivity index (χ2n) is 9.28. The molecule has 2 heterocycles. The van der Waals surface area contributed by atoms with Crippen molar-refractivity contribution < 1.29 is 13.2 Å². The third-order valence-corrected chi connectivity index (χ3v) is 9.65. The fourth-order valence-electron chi connectivity index (χ4n) is 4.88. The number of ether oxygens (including phenoxy) is 1. The first-order valence-electron chi connectivity index (χ1n) is 12.2. The summed E-state index contributed by atoms with van der Waals surface area (Å²) in [5.41, 5.74) is 6.62. The zero-order chi connectivity index (χ0) is 27.0. The minimum atomic E-state index is -3.96. The Hall–Kier alpha value is -2.50. The first-order chi connectivity index (χ1) is 18.1. The lowest BCUT2D eigenvalue weighted by molar-refractivity contribution is 0.205. The van der Waals surface area contributed by atoms with Gasteiger partial charge in [-0.2, -0.15) is 14.1 Å². The standard InChI is InChI=1S/C25H26Cl3N5O4S/c26-16-4-3-5-18(12-16)33-25(34)23(37-19-6-1-2-7-19)22(15-30-33)31-8-10-32(11-9-31)38(35,36)24-20(28)13-17(27)14-21(24)29/h3-5,12-15,19H,1-2,6-11,29H2. The summed E-state index contributed by atoms with van der Waals surface area (Å²) in [4.78, 5) is 15.4. The summed E-state index contributed by atoms with van der Waals surface area (Å²) < 4.78 is 35.6. The summed E-state index contributed by atoms with van der Waals surface area (Å²) in [6.45, 7) is 0.934. The van der Waals surface area contributed by atoms with E-state index in [1.807, 2.05) is 4.90 Å². The molecule has 1 aromatic heterocycles. The highest BCUT2D eigenvalue weighted by molar-refractivity contribution is 7.89. The van der Waals surface area contributed by atoms with Crippen LogP contribution in [0, 0.1) is 0 Å². The van der Waals surface area contributed by atoms with E-state index in [2.05, 4.69) is 5.10 Å². The Morgan fingerprint density at radius 3 is 2.34 bits per heavy atom. The van der Waals surface area contributed by atoms with Crippen LogP contribution in [0.2, 0.25) is 15.1 Å². The van der Waals surface area contributed by atoms with Gasteiger partial charge in [-0.1, -0.05) is 40.9 Å². The Balaban J connectivity index is 1.43. The zero-order valence-electron chi connectivity index (χ0n) is 20.3. The summed E-state index contributed by atoms with van der Waals surface area (Å²) in [5.74, 6) is 0.202. The molecule has 38 heavy (non-hydrogen) atoms. The molecule has 1 aliphatic heterocycles. The molecule has 2 aromatic carbocycles. The van der Waals surface area contributed by atoms with Gasteiger partial charge in [0, 0.05) is 36.2 Å². The number of sulfonamides is 1. The SMILES string of the molecule is Nc1cc(Cl)cc(Cl)c1S(=O)(=O)N1CCN(c2cnn(-c3cccc(Cl)c3)c(=O)c2OC2CCCC2)CC1. The normalized spacial score (nSPS) is 17.2. The van der Waals surface area contributed by atoms with E-state index in [0.29, 0.717) is 29.5 Å². The molecular formula is C25H26Cl3N5O4S. The first-order valence-corrected chi connectivity index (χ1v) is 14.8. The Morgan fingerprint density at radius 2 is 1.68 bits per heavy atom. The summed E-state index contributed by atoms with van der Waals surface area (Å²) >= 11 is 18.3. The van der Waals surface area contributed by atoms with Gasteiger partial charge in [-0.05, 0) is 56.0 Å². The number of hydrogen-bond donors (Lipinski definition) is 1. The number of nitrogen functional groups attached to an aromatic ring is 1. The number of anilines is 2. The zero-order valence-corrected chi connectivity index (χ0v) is 23.4. The number of piperazine rings is 1. The van der Waals surface area contributed by atoms with Crippen LogP contribution in [-0.2, 0) is 10.0 Å². The molecule has 0 spiro atoms. The lowest BCUT2D eigenvalue weighted by Gasteiger charge is -2.36.